The van der Waals surface area contributed by atoms with E-state index in [0.29, 0.717) is 6.61 Å². The van der Waals surface area contributed by atoms with E-state index < -0.39 is 5.60 Å². The summed E-state index contributed by atoms with van der Waals surface area (Å²) in [6.45, 7) is 7.00. The molecule has 0 bridgehead atoms. The van der Waals surface area contributed by atoms with Gasteiger partial charge in [-0.15, -0.1) is 0 Å². The van der Waals surface area contributed by atoms with Crippen molar-refractivity contribution in [2.24, 2.45) is 0 Å². The van der Waals surface area contributed by atoms with Crippen molar-refractivity contribution < 1.29 is 9.84 Å². The summed E-state index contributed by atoms with van der Waals surface area (Å²) in [5.41, 5.74) is 0.782. The third-order valence-electron chi connectivity index (χ3n) is 2.77. The van der Waals surface area contributed by atoms with Crippen molar-refractivity contribution in [1.29, 1.82) is 0 Å². The molecule has 1 aromatic carbocycles. The van der Waals surface area contributed by atoms with Crippen LogP contribution in [0.4, 0.5) is 0 Å². The van der Waals surface area contributed by atoms with Crippen LogP contribution in [0.3, 0.4) is 0 Å². The van der Waals surface area contributed by atoms with Crippen LogP contribution < -0.4 is 4.74 Å². The Labute approximate surface area is 96.6 Å². The topological polar surface area (TPSA) is 32.7 Å². The van der Waals surface area contributed by atoms with Gasteiger partial charge < -0.3 is 9.84 Å². The first-order valence-corrected chi connectivity index (χ1v) is 5.75. The molecular weight excluding hydrogens is 202 g/mol. The van der Waals surface area contributed by atoms with Gasteiger partial charge in [-0.05, 0) is 31.5 Å². The highest BCUT2D eigenvalue weighted by Crippen LogP contribution is 2.22. The van der Waals surface area contributed by atoms with Crippen LogP contribution in [0.2, 0.25) is 0 Å². The van der Waals surface area contributed by atoms with E-state index in [4.69, 9.17) is 4.74 Å². The predicted octanol–water partition coefficient (Wildman–Crippen LogP) is 1.65. The molecule has 3 heteroatoms. The molecule has 0 amide bonds. The lowest BCUT2D eigenvalue weighted by Crippen LogP contribution is -2.59. The second kappa shape index (κ2) is 4.44. The summed E-state index contributed by atoms with van der Waals surface area (Å²) in [5.74, 6) is 0.918. The third kappa shape index (κ3) is 2.74. The van der Waals surface area contributed by atoms with E-state index in [1.54, 1.807) is 0 Å². The fourth-order valence-corrected chi connectivity index (χ4v) is 2.14. The molecule has 0 spiro atoms. The smallest absolute Gasteiger partial charge is 0.119 e. The zero-order chi connectivity index (χ0) is 11.6. The van der Waals surface area contributed by atoms with Crippen LogP contribution in [0.25, 0.3) is 0 Å². The molecule has 0 atom stereocenters. The molecule has 2 rings (SSSR count). The molecule has 1 N–H and O–H groups in total. The van der Waals surface area contributed by atoms with Gasteiger partial charge >= 0.3 is 0 Å². The third-order valence-corrected chi connectivity index (χ3v) is 2.77. The van der Waals surface area contributed by atoms with Gasteiger partial charge in [-0.3, -0.25) is 4.90 Å². The number of likely N-dealkylation sites (tertiary alicyclic amines) is 1. The first kappa shape index (κ1) is 11.4. The summed E-state index contributed by atoms with van der Waals surface area (Å²) < 4.78 is 5.39. The summed E-state index contributed by atoms with van der Waals surface area (Å²) in [7, 11) is 0. The number of ether oxygens (including phenoxy) is 1. The van der Waals surface area contributed by atoms with E-state index in [1.165, 1.54) is 5.56 Å². The average Bonchev–Trinajstić information content (AvgIpc) is 2.18. The predicted molar refractivity (Wildman–Crippen MR) is 63.5 cm³/mol. The molecule has 3 nitrogen and oxygen atoms in total. The SMILES string of the molecule is CCOc1ccc(CN2CC(C)(O)C2)cc1. The summed E-state index contributed by atoms with van der Waals surface area (Å²) in [6.07, 6.45) is 0. The fourth-order valence-electron chi connectivity index (χ4n) is 2.14. The van der Waals surface area contributed by atoms with Gasteiger partial charge in [-0.2, -0.15) is 0 Å². The summed E-state index contributed by atoms with van der Waals surface area (Å²) in [5, 5.41) is 9.61. The molecule has 0 aromatic heterocycles. The summed E-state index contributed by atoms with van der Waals surface area (Å²) >= 11 is 0. The summed E-state index contributed by atoms with van der Waals surface area (Å²) in [4.78, 5) is 2.23. The van der Waals surface area contributed by atoms with Crippen LogP contribution in [0.15, 0.2) is 24.3 Å². The molecule has 1 aliphatic heterocycles. The van der Waals surface area contributed by atoms with Gasteiger partial charge in [0.15, 0.2) is 0 Å². The quantitative estimate of drug-likeness (QED) is 0.839. The number of β-amino-alcohol motifs (C(OH)–C–C–N with tert-alkyl or cyclic N) is 1. The number of hydrogen-bond acceptors (Lipinski definition) is 3. The monoisotopic (exact) mass is 221 g/mol. The minimum Gasteiger partial charge on any atom is -0.494 e. The van der Waals surface area contributed by atoms with Gasteiger partial charge in [0.1, 0.15) is 5.75 Å². The standard InChI is InChI=1S/C13H19NO2/c1-3-16-12-6-4-11(5-7-12)8-14-9-13(2,15)10-14/h4-7,15H,3,8-10H2,1-2H3. The van der Waals surface area contributed by atoms with Gasteiger partial charge in [-0.1, -0.05) is 12.1 Å². The number of aliphatic hydroxyl groups is 1. The minimum atomic E-state index is -0.481. The van der Waals surface area contributed by atoms with E-state index in [-0.39, 0.29) is 0 Å². The maximum absolute atomic E-state index is 9.61. The lowest BCUT2D eigenvalue weighted by Gasteiger charge is -2.44. The van der Waals surface area contributed by atoms with E-state index >= 15 is 0 Å². The van der Waals surface area contributed by atoms with E-state index in [1.807, 2.05) is 26.0 Å². The number of hydrogen-bond donors (Lipinski definition) is 1. The number of rotatable bonds is 4. The van der Waals surface area contributed by atoms with Gasteiger partial charge in [0.2, 0.25) is 0 Å². The van der Waals surface area contributed by atoms with Gasteiger partial charge in [0.25, 0.3) is 0 Å². The van der Waals surface area contributed by atoms with Crippen molar-refractivity contribution in [2.75, 3.05) is 19.7 Å². The van der Waals surface area contributed by atoms with Gasteiger partial charge in [0, 0.05) is 19.6 Å². The Morgan fingerprint density at radius 3 is 2.44 bits per heavy atom. The van der Waals surface area contributed by atoms with Crippen molar-refractivity contribution in [3.63, 3.8) is 0 Å². The summed E-state index contributed by atoms with van der Waals surface area (Å²) in [6, 6.07) is 8.16. The van der Waals surface area contributed by atoms with Crippen LogP contribution in [0.1, 0.15) is 19.4 Å². The first-order valence-electron chi connectivity index (χ1n) is 5.75. The van der Waals surface area contributed by atoms with Crippen molar-refractivity contribution in [1.82, 2.24) is 4.90 Å². The van der Waals surface area contributed by atoms with Crippen molar-refractivity contribution in [2.45, 2.75) is 26.0 Å². The Balaban J connectivity index is 1.86. The lowest BCUT2D eigenvalue weighted by molar-refractivity contribution is -0.0871. The van der Waals surface area contributed by atoms with Crippen LogP contribution >= 0.6 is 0 Å². The van der Waals surface area contributed by atoms with Crippen molar-refractivity contribution in [3.8, 4) is 5.75 Å². The van der Waals surface area contributed by atoms with Gasteiger partial charge in [0.05, 0.1) is 12.2 Å². The van der Waals surface area contributed by atoms with Crippen LogP contribution in [-0.4, -0.2) is 35.3 Å². The molecular formula is C13H19NO2. The molecule has 1 saturated heterocycles. The Kier molecular flexibility index (Phi) is 3.17. The molecule has 1 fully saturated rings. The van der Waals surface area contributed by atoms with E-state index in [0.717, 1.165) is 25.4 Å². The highest BCUT2D eigenvalue weighted by atomic mass is 16.5. The van der Waals surface area contributed by atoms with Crippen LogP contribution in [0, 0.1) is 0 Å². The molecule has 1 aliphatic rings. The van der Waals surface area contributed by atoms with Crippen molar-refractivity contribution >= 4 is 0 Å². The maximum Gasteiger partial charge on any atom is 0.119 e. The molecule has 0 aliphatic carbocycles. The molecule has 0 saturated carbocycles. The average molecular weight is 221 g/mol. The fraction of sp³-hybridized carbons (Fsp3) is 0.538. The Hall–Kier alpha value is -1.06. The molecule has 16 heavy (non-hydrogen) atoms. The van der Waals surface area contributed by atoms with E-state index in [9.17, 15) is 5.11 Å². The molecule has 0 unspecified atom stereocenters. The normalized spacial score (nSPS) is 19.2. The zero-order valence-electron chi connectivity index (χ0n) is 9.94. The van der Waals surface area contributed by atoms with Crippen LogP contribution in [0.5, 0.6) is 5.75 Å². The second-order valence-corrected chi connectivity index (χ2v) is 4.72. The molecule has 1 heterocycles. The van der Waals surface area contributed by atoms with Gasteiger partial charge in [-0.25, -0.2) is 0 Å². The maximum atomic E-state index is 9.61. The highest BCUT2D eigenvalue weighted by molar-refractivity contribution is 5.27. The highest BCUT2D eigenvalue weighted by Gasteiger charge is 2.35. The zero-order valence-corrected chi connectivity index (χ0v) is 9.94. The first-order chi connectivity index (χ1) is 7.59. The molecule has 88 valence electrons. The Morgan fingerprint density at radius 1 is 1.31 bits per heavy atom. The Morgan fingerprint density at radius 2 is 1.94 bits per heavy atom. The number of benzene rings is 1. The minimum absolute atomic E-state index is 0.481. The molecule has 0 radical (unpaired) electrons. The number of nitrogens with zero attached hydrogens (tertiary/aromatic N) is 1. The largest absolute Gasteiger partial charge is 0.494 e. The van der Waals surface area contributed by atoms with Crippen LogP contribution in [-0.2, 0) is 6.54 Å². The second-order valence-electron chi connectivity index (χ2n) is 4.72. The van der Waals surface area contributed by atoms with Crippen molar-refractivity contribution in [3.05, 3.63) is 29.8 Å². The lowest BCUT2D eigenvalue weighted by atomic mass is 9.96. The molecule has 1 aromatic rings. The van der Waals surface area contributed by atoms with E-state index in [2.05, 4.69) is 17.0 Å². The Bertz CT molecular complexity index is 337.